The summed E-state index contributed by atoms with van der Waals surface area (Å²) in [6.45, 7) is 2.04. The summed E-state index contributed by atoms with van der Waals surface area (Å²) in [6, 6.07) is 27.2. The number of hydrogen-bond acceptors (Lipinski definition) is 9. The number of nitrogens with zero attached hydrogens (tertiary/aromatic N) is 1. The SMILES string of the molecule is CN=C(N)Nc1cccc(CCCC[C@@H]2C=C3/C=C\[C@H](c4ccccc4)[C@@H]4C#CO[C@H](CC(=O)CCc5ccc(OC)c(c5)OCc5c(C(O)O)cc6c4c(O)cc4c6c5C=C[C@H]4C)C[C@H]2C=C3O)c1. The van der Waals surface area contributed by atoms with Gasteiger partial charge in [0.2, 0.25) is 0 Å². The smallest absolute Gasteiger partial charge is 0.192 e. The van der Waals surface area contributed by atoms with Gasteiger partial charge >= 0.3 is 0 Å². The fraction of sp³-hybridized carbons (Fsp3) is 0.322. The summed E-state index contributed by atoms with van der Waals surface area (Å²) in [6.07, 6.45) is 17.4. The van der Waals surface area contributed by atoms with Gasteiger partial charge in [-0.2, -0.15) is 0 Å². The van der Waals surface area contributed by atoms with E-state index < -0.39 is 24.2 Å². The number of carbonyl (C=O) groups is 1. The molecule has 5 aromatic rings. The number of anilines is 1. The number of allylic oxidation sites excluding steroid dienone is 5. The molecule has 70 heavy (non-hydrogen) atoms. The van der Waals surface area contributed by atoms with Crippen LogP contribution in [0.3, 0.4) is 0 Å². The topological polar surface area (TPSA) is 176 Å². The Balaban J connectivity index is 1.18. The first-order chi connectivity index (χ1) is 34.0. The van der Waals surface area contributed by atoms with Gasteiger partial charge in [0.1, 0.15) is 36.1 Å². The molecule has 6 atom stereocenters. The third kappa shape index (κ3) is 10.3. The summed E-state index contributed by atoms with van der Waals surface area (Å²) >= 11 is 0. The van der Waals surface area contributed by atoms with Crippen molar-refractivity contribution in [2.24, 2.45) is 22.6 Å². The second kappa shape index (κ2) is 21.2. The fourth-order valence-corrected chi connectivity index (χ4v) is 10.7. The van der Waals surface area contributed by atoms with Gasteiger partial charge in [0, 0.05) is 59.7 Å². The molecule has 6 aliphatic rings. The molecule has 11 nitrogen and oxygen atoms in total. The van der Waals surface area contributed by atoms with Crippen molar-refractivity contribution >= 4 is 34.3 Å². The van der Waals surface area contributed by atoms with Crippen LogP contribution in [0.15, 0.2) is 132 Å². The Morgan fingerprint density at radius 2 is 1.81 bits per heavy atom. The summed E-state index contributed by atoms with van der Waals surface area (Å²) in [7, 11) is 3.21. The Morgan fingerprint density at radius 3 is 2.61 bits per heavy atom. The van der Waals surface area contributed by atoms with Crippen molar-refractivity contribution in [2.75, 3.05) is 19.5 Å². The average molecular weight is 940 g/mol. The maximum atomic E-state index is 14.1. The average Bonchev–Trinajstić information content (AvgIpc) is 3.37. The number of ketones is 1. The maximum absolute atomic E-state index is 14.1. The number of unbranched alkanes of at least 4 members (excludes halogenated alkanes) is 1. The maximum Gasteiger partial charge on any atom is 0.192 e. The number of guanidine groups is 1. The monoisotopic (exact) mass is 939 g/mol. The van der Waals surface area contributed by atoms with Crippen molar-refractivity contribution in [2.45, 2.75) is 95.0 Å². The number of methoxy groups -OCH3 is 1. The number of aliphatic hydroxyl groups excluding tert-OH is 2. The zero-order valence-electron chi connectivity index (χ0n) is 39.9. The summed E-state index contributed by atoms with van der Waals surface area (Å²) in [5.74, 6) is 3.43. The van der Waals surface area contributed by atoms with Gasteiger partial charge in [-0.25, -0.2) is 0 Å². The number of nitrogens with two attached hydrogens (primary N) is 1. The van der Waals surface area contributed by atoms with Crippen molar-refractivity contribution in [3.63, 3.8) is 0 Å². The molecule has 0 saturated heterocycles. The number of ether oxygens (including phenoxy) is 3. The zero-order chi connectivity index (χ0) is 48.9. The van der Waals surface area contributed by atoms with Crippen molar-refractivity contribution in [1.82, 2.24) is 0 Å². The predicted octanol–water partition coefficient (Wildman–Crippen LogP) is 10.7. The molecule has 0 unspecified atom stereocenters. The van der Waals surface area contributed by atoms with Gasteiger partial charge in [-0.3, -0.25) is 9.79 Å². The molecule has 0 saturated carbocycles. The lowest BCUT2D eigenvalue weighted by molar-refractivity contribution is -0.121. The molecule has 4 heterocycles. The number of aryl methyl sites for hydroxylation is 2. The van der Waals surface area contributed by atoms with E-state index in [0.717, 1.165) is 59.0 Å². The third-order valence-corrected chi connectivity index (χ3v) is 14.3. The normalized spacial score (nSPS) is 22.6. The van der Waals surface area contributed by atoms with Crippen LogP contribution < -0.4 is 20.5 Å². The largest absolute Gasteiger partial charge is 0.508 e. The van der Waals surface area contributed by atoms with Crippen LogP contribution >= 0.6 is 0 Å². The Kier molecular flexibility index (Phi) is 14.5. The molecular weight excluding hydrogens is 879 g/mol. The number of aromatic hydroxyl groups is 1. The van der Waals surface area contributed by atoms with E-state index in [2.05, 4.69) is 47.5 Å². The number of nitrogens with one attached hydrogen (secondary N) is 1. The van der Waals surface area contributed by atoms with Crippen LogP contribution in [0, 0.1) is 23.9 Å². The molecule has 0 fully saturated rings. The molecule has 5 aromatic carbocycles. The highest BCUT2D eigenvalue weighted by atomic mass is 16.5. The van der Waals surface area contributed by atoms with E-state index in [9.17, 15) is 25.2 Å². The molecule has 4 aliphatic heterocycles. The van der Waals surface area contributed by atoms with Crippen molar-refractivity contribution < 1.29 is 39.4 Å². The van der Waals surface area contributed by atoms with Crippen molar-refractivity contribution in [3.05, 3.63) is 171 Å². The lowest BCUT2D eigenvalue weighted by atomic mass is 9.75. The van der Waals surface area contributed by atoms with Crippen molar-refractivity contribution in [3.8, 4) is 29.3 Å². The minimum absolute atomic E-state index is 0.0000221. The summed E-state index contributed by atoms with van der Waals surface area (Å²) in [5, 5.41) is 51.2. The van der Waals surface area contributed by atoms with Crippen LogP contribution in [0.1, 0.15) is 114 Å². The van der Waals surface area contributed by atoms with Gasteiger partial charge in [-0.05, 0) is 125 Å². The van der Waals surface area contributed by atoms with Crippen LogP contribution in [0.2, 0.25) is 0 Å². The second-order valence-electron chi connectivity index (χ2n) is 18.9. The summed E-state index contributed by atoms with van der Waals surface area (Å²) < 4.78 is 18.8. The van der Waals surface area contributed by atoms with Crippen LogP contribution in [0.5, 0.6) is 17.2 Å². The van der Waals surface area contributed by atoms with E-state index in [4.69, 9.17) is 19.9 Å². The molecule has 11 rings (SSSR count). The number of phenolic OH excluding ortho intramolecular Hbond substituents is 1. The number of Topliss-reactive ketones (excluding diaryl/α,β-unsaturated/α-hetero) is 1. The number of carbonyl (C=O) groups excluding carboxylic acids is 1. The van der Waals surface area contributed by atoms with E-state index in [1.165, 1.54) is 5.56 Å². The first-order valence-corrected chi connectivity index (χ1v) is 24.3. The highest BCUT2D eigenvalue weighted by molar-refractivity contribution is 6.01. The number of rotatable bonds is 9. The van der Waals surface area contributed by atoms with E-state index in [1.54, 1.807) is 26.3 Å². The lowest BCUT2D eigenvalue weighted by Crippen LogP contribution is -2.25. The molecule has 0 radical (unpaired) electrons. The van der Waals surface area contributed by atoms with Gasteiger partial charge < -0.3 is 45.7 Å². The highest BCUT2D eigenvalue weighted by Gasteiger charge is 2.34. The molecule has 0 aromatic heterocycles. The lowest BCUT2D eigenvalue weighted by Gasteiger charge is -2.29. The fourth-order valence-electron chi connectivity index (χ4n) is 10.7. The van der Waals surface area contributed by atoms with E-state index in [-0.39, 0.29) is 60.1 Å². The van der Waals surface area contributed by atoms with Gasteiger partial charge in [-0.1, -0.05) is 98.2 Å². The molecule has 2 aliphatic carbocycles. The Labute approximate surface area is 409 Å². The van der Waals surface area contributed by atoms with E-state index in [1.807, 2.05) is 91.0 Å². The van der Waals surface area contributed by atoms with Gasteiger partial charge in [0.05, 0.1) is 13.0 Å². The Hall–Kier alpha value is -7.26. The van der Waals surface area contributed by atoms with Crippen LogP contribution in [-0.2, 0) is 29.0 Å². The predicted molar refractivity (Wildman–Crippen MR) is 275 cm³/mol. The Bertz CT molecular complexity index is 2990. The molecule has 11 heteroatoms. The van der Waals surface area contributed by atoms with E-state index in [0.29, 0.717) is 52.4 Å². The first-order valence-electron chi connectivity index (χ1n) is 24.3. The molecule has 360 valence electrons. The Morgan fingerprint density at radius 1 is 0.971 bits per heavy atom. The second-order valence-corrected chi connectivity index (χ2v) is 18.9. The minimum atomic E-state index is -1.89. The molecule has 10 bridgehead atoms. The van der Waals surface area contributed by atoms with Gasteiger partial charge in [-0.15, -0.1) is 0 Å². The van der Waals surface area contributed by atoms with Crippen LogP contribution in [-0.4, -0.2) is 52.4 Å². The zero-order valence-corrected chi connectivity index (χ0v) is 39.9. The quantitative estimate of drug-likeness (QED) is 0.0274. The van der Waals surface area contributed by atoms with E-state index >= 15 is 0 Å². The van der Waals surface area contributed by atoms with Crippen LogP contribution in [0.4, 0.5) is 5.69 Å². The number of benzene rings is 5. The number of aliphatic hydroxyl groups is 3. The number of phenols is 1. The van der Waals surface area contributed by atoms with Gasteiger partial charge in [0.25, 0.3) is 0 Å². The summed E-state index contributed by atoms with van der Waals surface area (Å²) in [5.41, 5.74) is 13.4. The standard InChI is InChI=1S/C59H61N3O8/c1-35-16-21-46-51-34-70-55-27-37(18-23-54(55)68-3)17-20-43(63)31-44-29-41-30-52(64)40(28-39(41)14-8-7-10-36-11-9-15-42(26-36)62-59(60)61-2)19-22-45(38-12-5-4-6-13-38)47(24-25-69-44)57-50(32-49(51)58(66)67)56(46)48(35)33-53(57)65/h4-6,9,11-13,15-16,18-19,21-23,26-28,30,32-33,35,39,41,44-45,47,58,64-67H,7-8,10,14,17,20,29,31,34H2,1-3H3,(H3,60,61,62)/b22-19-/t35-,39-,41+,44+,45-,47+/m1/s1. The molecular formula is C59H61N3O8. The molecule has 0 amide bonds. The summed E-state index contributed by atoms with van der Waals surface area (Å²) in [4.78, 5) is 18.1. The number of hydrogen-bond donors (Lipinski definition) is 6. The molecule has 7 N–H and O–H groups in total. The third-order valence-electron chi connectivity index (χ3n) is 14.3. The molecule has 0 spiro atoms. The minimum Gasteiger partial charge on any atom is -0.508 e. The highest BCUT2D eigenvalue weighted by Crippen LogP contribution is 2.49. The first kappa shape index (κ1) is 47.8. The van der Waals surface area contributed by atoms with Crippen molar-refractivity contribution in [1.29, 1.82) is 0 Å². The number of fused-ring (bicyclic) bond motifs is 7. The number of aliphatic imine (C=N–C) groups is 1. The van der Waals surface area contributed by atoms with Crippen LogP contribution in [0.25, 0.3) is 16.8 Å². The van der Waals surface area contributed by atoms with Gasteiger partial charge in [0.15, 0.2) is 23.7 Å².